The molecule has 0 saturated carbocycles. The van der Waals surface area contributed by atoms with Crippen LogP contribution in [0.4, 0.5) is 0 Å². The molecule has 144 valence electrons. The molecule has 1 aliphatic rings. The molecule has 0 bridgehead atoms. The van der Waals surface area contributed by atoms with Gasteiger partial charge in [-0.3, -0.25) is 9.79 Å². The van der Waals surface area contributed by atoms with Gasteiger partial charge < -0.3 is 15.5 Å². The van der Waals surface area contributed by atoms with E-state index in [1.54, 1.807) is 7.05 Å². The number of benzene rings is 1. The number of piperidine rings is 1. The predicted molar refractivity (Wildman–Crippen MR) is 108 cm³/mol. The lowest BCUT2D eigenvalue weighted by atomic mass is 9.87. The van der Waals surface area contributed by atoms with E-state index in [-0.39, 0.29) is 11.3 Å². The second kappa shape index (κ2) is 9.06. The number of nitrogens with one attached hydrogen (secondary N) is 2. The van der Waals surface area contributed by atoms with Gasteiger partial charge in [0.1, 0.15) is 0 Å². The first kappa shape index (κ1) is 20.3. The Morgan fingerprint density at radius 2 is 1.81 bits per heavy atom. The van der Waals surface area contributed by atoms with Gasteiger partial charge in [-0.15, -0.1) is 0 Å². The number of amides is 1. The van der Waals surface area contributed by atoms with Gasteiger partial charge in [0.15, 0.2) is 5.96 Å². The molecule has 2 N–H and O–H groups in total. The van der Waals surface area contributed by atoms with Gasteiger partial charge in [-0.1, -0.05) is 45.0 Å². The molecule has 1 aromatic carbocycles. The van der Waals surface area contributed by atoms with Crippen molar-refractivity contribution < 1.29 is 4.79 Å². The van der Waals surface area contributed by atoms with Crippen LogP contribution in [0.25, 0.3) is 0 Å². The van der Waals surface area contributed by atoms with Crippen LogP contribution in [-0.2, 0) is 16.8 Å². The number of hydrogen-bond donors (Lipinski definition) is 2. The SMILES string of the molecule is CN=C(NCc1ccc(C(C)(C)C)cc1)N1CCC(CC(=O)NC)CC1. The van der Waals surface area contributed by atoms with E-state index < -0.39 is 0 Å². The molecule has 0 atom stereocenters. The monoisotopic (exact) mass is 358 g/mol. The molecular formula is C21H34N4O. The third-order valence-electron chi connectivity index (χ3n) is 5.15. The van der Waals surface area contributed by atoms with Gasteiger partial charge in [-0.2, -0.15) is 0 Å². The third-order valence-corrected chi connectivity index (χ3v) is 5.15. The molecule has 1 aliphatic heterocycles. The lowest BCUT2D eigenvalue weighted by Gasteiger charge is -2.34. The van der Waals surface area contributed by atoms with Crippen molar-refractivity contribution in [2.24, 2.45) is 10.9 Å². The van der Waals surface area contributed by atoms with Crippen LogP contribution in [0.1, 0.15) is 51.2 Å². The fourth-order valence-corrected chi connectivity index (χ4v) is 3.35. The van der Waals surface area contributed by atoms with Crippen LogP contribution >= 0.6 is 0 Å². The Kier molecular flexibility index (Phi) is 7.06. The van der Waals surface area contributed by atoms with Crippen LogP contribution in [0, 0.1) is 5.92 Å². The maximum atomic E-state index is 11.5. The lowest BCUT2D eigenvalue weighted by molar-refractivity contribution is -0.121. The van der Waals surface area contributed by atoms with Gasteiger partial charge in [0, 0.05) is 40.2 Å². The smallest absolute Gasteiger partial charge is 0.220 e. The zero-order valence-electron chi connectivity index (χ0n) is 16.9. The van der Waals surface area contributed by atoms with Crippen molar-refractivity contribution >= 4 is 11.9 Å². The summed E-state index contributed by atoms with van der Waals surface area (Å²) in [6.07, 6.45) is 2.71. The zero-order valence-corrected chi connectivity index (χ0v) is 16.9. The van der Waals surface area contributed by atoms with Gasteiger partial charge >= 0.3 is 0 Å². The van der Waals surface area contributed by atoms with Gasteiger partial charge in [0.05, 0.1) is 0 Å². The van der Waals surface area contributed by atoms with E-state index in [0.29, 0.717) is 12.3 Å². The average Bonchev–Trinajstić information content (AvgIpc) is 2.63. The summed E-state index contributed by atoms with van der Waals surface area (Å²) in [6, 6.07) is 8.81. The summed E-state index contributed by atoms with van der Waals surface area (Å²) in [5.41, 5.74) is 2.79. The minimum atomic E-state index is 0.143. The minimum absolute atomic E-state index is 0.143. The maximum Gasteiger partial charge on any atom is 0.220 e. The fourth-order valence-electron chi connectivity index (χ4n) is 3.35. The summed E-state index contributed by atoms with van der Waals surface area (Å²) in [4.78, 5) is 18.3. The van der Waals surface area contributed by atoms with E-state index in [0.717, 1.165) is 38.4 Å². The van der Waals surface area contributed by atoms with Crippen LogP contribution in [-0.4, -0.2) is 44.0 Å². The van der Waals surface area contributed by atoms with Crippen molar-refractivity contribution in [2.45, 2.75) is 52.0 Å². The number of nitrogens with zero attached hydrogens (tertiary/aromatic N) is 2. The van der Waals surface area contributed by atoms with Crippen molar-refractivity contribution in [1.82, 2.24) is 15.5 Å². The van der Waals surface area contributed by atoms with Crippen LogP contribution in [0.5, 0.6) is 0 Å². The largest absolute Gasteiger partial charge is 0.359 e. The first-order valence-corrected chi connectivity index (χ1v) is 9.59. The molecule has 1 saturated heterocycles. The first-order valence-electron chi connectivity index (χ1n) is 9.59. The van der Waals surface area contributed by atoms with Gasteiger partial charge in [-0.05, 0) is 35.3 Å². The number of aliphatic imine (C=N–C) groups is 1. The Bertz CT molecular complexity index is 608. The molecule has 0 aliphatic carbocycles. The van der Waals surface area contributed by atoms with Crippen molar-refractivity contribution in [3.05, 3.63) is 35.4 Å². The second-order valence-corrected chi connectivity index (χ2v) is 8.16. The van der Waals surface area contributed by atoms with Crippen LogP contribution < -0.4 is 10.6 Å². The first-order chi connectivity index (χ1) is 12.3. The van der Waals surface area contributed by atoms with E-state index >= 15 is 0 Å². The van der Waals surface area contributed by atoms with Gasteiger partial charge in [0.2, 0.25) is 5.91 Å². The molecule has 0 unspecified atom stereocenters. The average molecular weight is 359 g/mol. The minimum Gasteiger partial charge on any atom is -0.359 e. The van der Waals surface area contributed by atoms with Crippen molar-refractivity contribution in [3.63, 3.8) is 0 Å². The number of guanidine groups is 1. The third kappa shape index (κ3) is 5.75. The Hall–Kier alpha value is -2.04. The summed E-state index contributed by atoms with van der Waals surface area (Å²) >= 11 is 0. The normalized spacial score (nSPS) is 16.5. The molecule has 1 fully saturated rings. The standard InChI is InChI=1S/C21H34N4O/c1-21(2,3)18-8-6-17(7-9-18)15-24-20(23-5)25-12-10-16(11-13-25)14-19(26)22-4/h6-9,16H,10-15H2,1-5H3,(H,22,26)(H,23,24). The number of hydrogen-bond acceptors (Lipinski definition) is 2. The van der Waals surface area contributed by atoms with E-state index in [1.165, 1.54) is 11.1 Å². The molecule has 5 heteroatoms. The van der Waals surface area contributed by atoms with Gasteiger partial charge in [-0.25, -0.2) is 0 Å². The maximum absolute atomic E-state index is 11.5. The number of rotatable bonds is 4. The molecule has 1 amide bonds. The second-order valence-electron chi connectivity index (χ2n) is 8.16. The van der Waals surface area contributed by atoms with Crippen molar-refractivity contribution in [2.75, 3.05) is 27.2 Å². The number of carbonyl (C=O) groups excluding carboxylic acids is 1. The van der Waals surface area contributed by atoms with E-state index in [1.807, 2.05) is 7.05 Å². The molecule has 5 nitrogen and oxygen atoms in total. The van der Waals surface area contributed by atoms with Crippen molar-refractivity contribution in [1.29, 1.82) is 0 Å². The molecule has 26 heavy (non-hydrogen) atoms. The number of carbonyl (C=O) groups is 1. The Labute approximate surface area is 158 Å². The summed E-state index contributed by atoms with van der Waals surface area (Å²) < 4.78 is 0. The highest BCUT2D eigenvalue weighted by Gasteiger charge is 2.23. The van der Waals surface area contributed by atoms with Crippen LogP contribution in [0.2, 0.25) is 0 Å². The van der Waals surface area contributed by atoms with Crippen LogP contribution in [0.15, 0.2) is 29.3 Å². The topological polar surface area (TPSA) is 56.7 Å². The molecule has 0 radical (unpaired) electrons. The molecule has 2 rings (SSSR count). The molecule has 1 aromatic rings. The van der Waals surface area contributed by atoms with E-state index in [2.05, 4.69) is 65.6 Å². The Balaban J connectivity index is 1.84. The highest BCUT2D eigenvalue weighted by atomic mass is 16.1. The van der Waals surface area contributed by atoms with E-state index in [9.17, 15) is 4.79 Å². The lowest BCUT2D eigenvalue weighted by Crippen LogP contribution is -2.45. The number of likely N-dealkylation sites (tertiary alicyclic amines) is 1. The quantitative estimate of drug-likeness (QED) is 0.643. The molecule has 0 spiro atoms. The summed E-state index contributed by atoms with van der Waals surface area (Å²) in [5, 5.41) is 6.20. The van der Waals surface area contributed by atoms with E-state index in [4.69, 9.17) is 0 Å². The van der Waals surface area contributed by atoms with Crippen molar-refractivity contribution in [3.8, 4) is 0 Å². The summed E-state index contributed by atoms with van der Waals surface area (Å²) in [7, 11) is 3.54. The summed E-state index contributed by atoms with van der Waals surface area (Å²) in [5.74, 6) is 1.57. The van der Waals surface area contributed by atoms with Crippen LogP contribution in [0.3, 0.4) is 0 Å². The molecule has 1 heterocycles. The highest BCUT2D eigenvalue weighted by molar-refractivity contribution is 5.80. The fraction of sp³-hybridized carbons (Fsp3) is 0.619. The summed E-state index contributed by atoms with van der Waals surface area (Å²) in [6.45, 7) is 9.37. The Morgan fingerprint density at radius 3 is 2.31 bits per heavy atom. The predicted octanol–water partition coefficient (Wildman–Crippen LogP) is 2.91. The molecular weight excluding hydrogens is 324 g/mol. The zero-order chi connectivity index (χ0) is 19.2. The molecule has 0 aromatic heterocycles. The highest BCUT2D eigenvalue weighted by Crippen LogP contribution is 2.22. The Morgan fingerprint density at radius 1 is 1.19 bits per heavy atom. The van der Waals surface area contributed by atoms with Gasteiger partial charge in [0.25, 0.3) is 0 Å².